The molecule has 7 nitrogen and oxygen atoms in total. The van der Waals surface area contributed by atoms with E-state index >= 15 is 0 Å². The summed E-state index contributed by atoms with van der Waals surface area (Å²) in [5.74, 6) is -0.436. The van der Waals surface area contributed by atoms with E-state index in [0.717, 1.165) is 6.07 Å². The maximum Gasteiger partial charge on any atom is 0.279 e. The van der Waals surface area contributed by atoms with Gasteiger partial charge in [0.15, 0.2) is 5.69 Å². The third kappa shape index (κ3) is 2.62. The first-order chi connectivity index (χ1) is 11.0. The Kier molecular flexibility index (Phi) is 3.50. The summed E-state index contributed by atoms with van der Waals surface area (Å²) in [5, 5.41) is 17.1. The van der Waals surface area contributed by atoms with Crippen molar-refractivity contribution in [3.8, 4) is 6.07 Å². The van der Waals surface area contributed by atoms with Crippen LogP contribution in [0.3, 0.4) is 0 Å². The number of rotatable bonds is 3. The number of benzene rings is 1. The molecule has 0 aliphatic rings. The number of H-pyrrole nitrogens is 1. The maximum absolute atomic E-state index is 12.5. The van der Waals surface area contributed by atoms with Crippen LogP contribution in [0, 0.1) is 11.3 Å². The molecule has 0 saturated heterocycles. The minimum atomic E-state index is -2.73. The van der Waals surface area contributed by atoms with Gasteiger partial charge in [-0.25, -0.2) is 13.8 Å². The number of hydrogen-bond donors (Lipinski definition) is 2. The van der Waals surface area contributed by atoms with Gasteiger partial charge in [-0.3, -0.25) is 15.2 Å². The monoisotopic (exact) mass is 316 g/mol. The quantitative estimate of drug-likeness (QED) is 0.774. The number of hydrogen-bond acceptors (Lipinski definition) is 4. The summed E-state index contributed by atoms with van der Waals surface area (Å²) < 4.78 is 26.6. The minimum Gasteiger partial charge on any atom is -0.313 e. The summed E-state index contributed by atoms with van der Waals surface area (Å²) in [6, 6.07) is 7.92. The zero-order valence-electron chi connectivity index (χ0n) is 11.8. The van der Waals surface area contributed by atoms with Crippen molar-refractivity contribution in [2.75, 3.05) is 5.32 Å². The highest BCUT2D eigenvalue weighted by Crippen LogP contribution is 2.21. The van der Waals surface area contributed by atoms with Crippen LogP contribution in [0.4, 0.5) is 14.7 Å². The second-order valence-corrected chi connectivity index (χ2v) is 4.77. The first-order valence-electron chi connectivity index (χ1n) is 6.51. The number of carbonyl (C=O) groups excluding carboxylic acids is 1. The van der Waals surface area contributed by atoms with Gasteiger partial charge in [0, 0.05) is 7.05 Å². The standard InChI is InChI=1S/C14H10F2N6O/c1-22-11-4-7(6-17)2-3-8(11)18-14(22)19-13(23)10-5-9(12(15)16)20-21-10/h2-5,12H,1H3,(H,20,21)(H,18,19,23). The molecule has 1 amide bonds. The summed E-state index contributed by atoms with van der Waals surface area (Å²) in [5.41, 5.74) is 1.13. The van der Waals surface area contributed by atoms with Gasteiger partial charge in [0.2, 0.25) is 5.95 Å². The summed E-state index contributed by atoms with van der Waals surface area (Å²) in [7, 11) is 1.67. The van der Waals surface area contributed by atoms with Crippen LogP contribution < -0.4 is 5.32 Å². The number of carbonyl (C=O) groups is 1. The number of nitriles is 1. The Morgan fingerprint density at radius 3 is 2.87 bits per heavy atom. The highest BCUT2D eigenvalue weighted by molar-refractivity contribution is 6.02. The molecule has 0 spiro atoms. The molecular formula is C14H10F2N6O. The largest absolute Gasteiger partial charge is 0.313 e. The van der Waals surface area contributed by atoms with Crippen LogP contribution in [-0.2, 0) is 7.05 Å². The lowest BCUT2D eigenvalue weighted by Crippen LogP contribution is -2.15. The molecule has 3 rings (SSSR count). The lowest BCUT2D eigenvalue weighted by atomic mass is 10.2. The van der Waals surface area contributed by atoms with Crippen molar-refractivity contribution in [2.45, 2.75) is 6.43 Å². The van der Waals surface area contributed by atoms with Gasteiger partial charge in [-0.15, -0.1) is 0 Å². The topological polar surface area (TPSA) is 99.4 Å². The highest BCUT2D eigenvalue weighted by atomic mass is 19.3. The molecule has 1 aromatic carbocycles. The predicted octanol–water partition coefficient (Wildman–Crippen LogP) is 2.36. The van der Waals surface area contributed by atoms with Crippen LogP contribution in [0.2, 0.25) is 0 Å². The number of aromatic amines is 1. The van der Waals surface area contributed by atoms with Gasteiger partial charge in [0.05, 0.1) is 22.7 Å². The van der Waals surface area contributed by atoms with E-state index in [1.54, 1.807) is 29.8 Å². The lowest BCUT2D eigenvalue weighted by Gasteiger charge is -2.03. The SMILES string of the molecule is Cn1c(NC(=O)c2cc(C(F)F)[nH]n2)nc2ccc(C#N)cc21. The number of anilines is 1. The van der Waals surface area contributed by atoms with E-state index < -0.39 is 18.0 Å². The Hall–Kier alpha value is -3.28. The van der Waals surface area contributed by atoms with Gasteiger partial charge >= 0.3 is 0 Å². The molecular weight excluding hydrogens is 306 g/mol. The molecule has 116 valence electrons. The molecule has 2 N–H and O–H groups in total. The molecule has 0 unspecified atom stereocenters. The van der Waals surface area contributed by atoms with E-state index in [9.17, 15) is 13.6 Å². The predicted molar refractivity (Wildman–Crippen MR) is 76.9 cm³/mol. The first kappa shape index (κ1) is 14.6. The molecule has 0 saturated carbocycles. The summed E-state index contributed by atoms with van der Waals surface area (Å²) >= 11 is 0. The number of nitrogens with zero attached hydrogens (tertiary/aromatic N) is 4. The van der Waals surface area contributed by atoms with Crippen molar-refractivity contribution in [3.05, 3.63) is 41.2 Å². The molecule has 0 aliphatic carbocycles. The smallest absolute Gasteiger partial charge is 0.279 e. The molecule has 0 fully saturated rings. The van der Waals surface area contributed by atoms with Crippen LogP contribution in [0.15, 0.2) is 24.3 Å². The van der Waals surface area contributed by atoms with Gasteiger partial charge in [0.25, 0.3) is 12.3 Å². The number of halogens is 2. The number of aryl methyl sites for hydroxylation is 1. The van der Waals surface area contributed by atoms with Crippen molar-refractivity contribution < 1.29 is 13.6 Å². The third-order valence-electron chi connectivity index (χ3n) is 3.30. The normalized spacial score (nSPS) is 10.9. The average Bonchev–Trinajstić information content (AvgIpc) is 3.13. The lowest BCUT2D eigenvalue weighted by molar-refractivity contribution is 0.102. The average molecular weight is 316 g/mol. The zero-order valence-corrected chi connectivity index (χ0v) is 11.8. The summed E-state index contributed by atoms with van der Waals surface area (Å²) in [6.07, 6.45) is -2.73. The molecule has 2 heterocycles. The number of amides is 1. The van der Waals surface area contributed by atoms with Crippen LogP contribution >= 0.6 is 0 Å². The number of aromatic nitrogens is 4. The summed E-state index contributed by atoms with van der Waals surface area (Å²) in [6.45, 7) is 0. The Bertz CT molecular complexity index is 937. The van der Waals surface area contributed by atoms with Crippen LogP contribution in [0.1, 0.15) is 28.2 Å². The molecule has 2 aromatic heterocycles. The van der Waals surface area contributed by atoms with Crippen molar-refractivity contribution in [1.82, 2.24) is 19.7 Å². The first-order valence-corrected chi connectivity index (χ1v) is 6.51. The van der Waals surface area contributed by atoms with E-state index in [1.165, 1.54) is 0 Å². The molecule has 0 aliphatic heterocycles. The van der Waals surface area contributed by atoms with E-state index in [-0.39, 0.29) is 11.6 Å². The van der Waals surface area contributed by atoms with Crippen molar-refractivity contribution in [3.63, 3.8) is 0 Å². The molecule has 0 bridgehead atoms. The van der Waals surface area contributed by atoms with E-state index in [0.29, 0.717) is 16.6 Å². The van der Waals surface area contributed by atoms with Crippen molar-refractivity contribution in [2.24, 2.45) is 7.05 Å². The second-order valence-electron chi connectivity index (χ2n) is 4.77. The fraction of sp³-hybridized carbons (Fsp3) is 0.143. The highest BCUT2D eigenvalue weighted by Gasteiger charge is 2.18. The molecule has 9 heteroatoms. The summed E-state index contributed by atoms with van der Waals surface area (Å²) in [4.78, 5) is 16.3. The van der Waals surface area contributed by atoms with Gasteiger partial charge in [-0.2, -0.15) is 10.4 Å². The molecule has 0 atom stereocenters. The fourth-order valence-corrected chi connectivity index (χ4v) is 2.10. The second kappa shape index (κ2) is 5.49. The zero-order chi connectivity index (χ0) is 16.6. The van der Waals surface area contributed by atoms with E-state index in [1.807, 2.05) is 6.07 Å². The third-order valence-corrected chi connectivity index (χ3v) is 3.30. The molecule has 3 aromatic rings. The Balaban J connectivity index is 1.90. The van der Waals surface area contributed by atoms with E-state index in [4.69, 9.17) is 5.26 Å². The Morgan fingerprint density at radius 2 is 2.22 bits per heavy atom. The number of nitrogens with one attached hydrogen (secondary N) is 2. The number of imidazole rings is 1. The minimum absolute atomic E-state index is 0.162. The van der Waals surface area contributed by atoms with Crippen molar-refractivity contribution in [1.29, 1.82) is 5.26 Å². The van der Waals surface area contributed by atoms with Gasteiger partial charge in [-0.05, 0) is 24.3 Å². The van der Waals surface area contributed by atoms with Crippen LogP contribution in [-0.4, -0.2) is 25.7 Å². The van der Waals surface area contributed by atoms with Gasteiger partial charge in [-0.1, -0.05) is 0 Å². The van der Waals surface area contributed by atoms with E-state index in [2.05, 4.69) is 20.5 Å². The van der Waals surface area contributed by atoms with Crippen molar-refractivity contribution >= 4 is 22.9 Å². The van der Waals surface area contributed by atoms with Crippen LogP contribution in [0.25, 0.3) is 11.0 Å². The van der Waals surface area contributed by atoms with Gasteiger partial charge < -0.3 is 4.57 Å². The fourth-order valence-electron chi connectivity index (χ4n) is 2.10. The van der Waals surface area contributed by atoms with Crippen LogP contribution in [0.5, 0.6) is 0 Å². The van der Waals surface area contributed by atoms with Gasteiger partial charge in [0.1, 0.15) is 5.69 Å². The Morgan fingerprint density at radius 1 is 1.43 bits per heavy atom. The maximum atomic E-state index is 12.5. The molecule has 0 radical (unpaired) electrons. The Labute approximate surface area is 128 Å². The number of alkyl halides is 2. The molecule has 23 heavy (non-hydrogen) atoms. The number of fused-ring (bicyclic) bond motifs is 1.